The van der Waals surface area contributed by atoms with Gasteiger partial charge in [-0.15, -0.1) is 0 Å². The predicted octanol–water partition coefficient (Wildman–Crippen LogP) is 2.24. The van der Waals surface area contributed by atoms with Gasteiger partial charge < -0.3 is 20.9 Å². The molecule has 1 heterocycles. The quantitative estimate of drug-likeness (QED) is 0.644. The molecule has 0 radical (unpaired) electrons. The van der Waals surface area contributed by atoms with Crippen molar-refractivity contribution in [3.05, 3.63) is 59.9 Å². The van der Waals surface area contributed by atoms with E-state index in [1.54, 1.807) is 7.11 Å². The molecule has 0 saturated heterocycles. The highest BCUT2D eigenvalue weighted by atomic mass is 16.5. The lowest BCUT2D eigenvalue weighted by molar-refractivity contribution is 0.186. The molecular weight excluding hydrogens is 304 g/mol. The smallest absolute Gasteiger partial charge is 0.137 e. The fraction of sp³-hybridized carbons (Fsp3) is 0.222. The molecule has 1 atom stereocenters. The van der Waals surface area contributed by atoms with E-state index in [1.165, 1.54) is 6.33 Å². The van der Waals surface area contributed by atoms with Crippen molar-refractivity contribution in [2.75, 3.05) is 19.0 Å². The van der Waals surface area contributed by atoms with Gasteiger partial charge in [-0.2, -0.15) is 0 Å². The average Bonchev–Trinajstić information content (AvgIpc) is 2.65. The number of benzene rings is 2. The maximum atomic E-state index is 9.73. The van der Waals surface area contributed by atoms with Gasteiger partial charge in [0.05, 0.1) is 18.7 Å². The minimum atomic E-state index is -0.620. The Morgan fingerprint density at radius 1 is 1.17 bits per heavy atom. The van der Waals surface area contributed by atoms with Crippen LogP contribution >= 0.6 is 0 Å². The number of aromatic nitrogens is 2. The number of fused-ring (bicyclic) bond motifs is 1. The van der Waals surface area contributed by atoms with Crippen molar-refractivity contribution >= 4 is 16.7 Å². The molecule has 2 aromatic carbocycles. The lowest BCUT2D eigenvalue weighted by Crippen LogP contribution is -2.11. The molecule has 6 nitrogen and oxygen atoms in total. The predicted molar refractivity (Wildman–Crippen MR) is 93.9 cm³/mol. The summed E-state index contributed by atoms with van der Waals surface area (Å²) in [5.41, 5.74) is 8.22. The van der Waals surface area contributed by atoms with E-state index in [0.29, 0.717) is 6.54 Å². The van der Waals surface area contributed by atoms with E-state index in [2.05, 4.69) is 15.3 Å². The summed E-state index contributed by atoms with van der Waals surface area (Å²) in [7, 11) is 1.63. The van der Waals surface area contributed by atoms with Crippen LogP contribution in [0.4, 0.5) is 5.82 Å². The largest absolute Gasteiger partial charge is 0.497 e. The van der Waals surface area contributed by atoms with Crippen LogP contribution in [-0.4, -0.2) is 28.7 Å². The monoisotopic (exact) mass is 324 g/mol. The van der Waals surface area contributed by atoms with Crippen LogP contribution in [0, 0.1) is 0 Å². The number of hydrogen-bond donors (Lipinski definition) is 3. The highest BCUT2D eigenvalue weighted by Gasteiger charge is 2.07. The summed E-state index contributed by atoms with van der Waals surface area (Å²) < 4.78 is 5.27. The van der Waals surface area contributed by atoms with Gasteiger partial charge in [-0.1, -0.05) is 24.3 Å². The van der Waals surface area contributed by atoms with E-state index >= 15 is 0 Å². The van der Waals surface area contributed by atoms with Gasteiger partial charge in [0.1, 0.15) is 17.9 Å². The molecule has 0 aliphatic carbocycles. The number of nitrogens with one attached hydrogen (secondary N) is 1. The lowest BCUT2D eigenvalue weighted by atomic mass is 10.1. The van der Waals surface area contributed by atoms with Gasteiger partial charge in [-0.05, 0) is 29.3 Å². The van der Waals surface area contributed by atoms with Crippen LogP contribution in [0.5, 0.6) is 5.75 Å². The van der Waals surface area contributed by atoms with Crippen LogP contribution in [0.1, 0.15) is 17.2 Å². The van der Waals surface area contributed by atoms with E-state index < -0.39 is 6.10 Å². The van der Waals surface area contributed by atoms with Gasteiger partial charge in [0.25, 0.3) is 0 Å². The maximum Gasteiger partial charge on any atom is 0.137 e. The number of rotatable bonds is 6. The van der Waals surface area contributed by atoms with Gasteiger partial charge in [0, 0.05) is 18.5 Å². The molecule has 1 unspecified atom stereocenters. The molecule has 0 aliphatic heterocycles. The maximum absolute atomic E-state index is 9.73. The molecule has 124 valence electrons. The zero-order valence-electron chi connectivity index (χ0n) is 13.4. The second-order valence-electron chi connectivity index (χ2n) is 5.45. The molecule has 0 fully saturated rings. The van der Waals surface area contributed by atoms with Gasteiger partial charge in [0.15, 0.2) is 0 Å². The van der Waals surface area contributed by atoms with E-state index in [0.717, 1.165) is 33.6 Å². The third kappa shape index (κ3) is 3.45. The fourth-order valence-electron chi connectivity index (χ4n) is 2.48. The van der Waals surface area contributed by atoms with Gasteiger partial charge in [-0.3, -0.25) is 0 Å². The molecule has 4 N–H and O–H groups in total. The minimum Gasteiger partial charge on any atom is -0.497 e. The lowest BCUT2D eigenvalue weighted by Gasteiger charge is -2.11. The van der Waals surface area contributed by atoms with Crippen LogP contribution in [0.15, 0.2) is 48.8 Å². The Labute approximate surface area is 140 Å². The number of aliphatic hydroxyl groups is 1. The Morgan fingerprint density at radius 3 is 2.67 bits per heavy atom. The number of nitrogens with zero attached hydrogens (tertiary/aromatic N) is 2. The first-order chi connectivity index (χ1) is 11.7. The highest BCUT2D eigenvalue weighted by molar-refractivity contribution is 5.89. The average molecular weight is 324 g/mol. The van der Waals surface area contributed by atoms with Crippen LogP contribution < -0.4 is 15.8 Å². The molecule has 0 spiro atoms. The molecule has 3 aromatic rings. The Kier molecular flexibility index (Phi) is 4.88. The molecule has 1 aromatic heterocycles. The van der Waals surface area contributed by atoms with Crippen molar-refractivity contribution < 1.29 is 9.84 Å². The summed E-state index contributed by atoms with van der Waals surface area (Å²) in [6.07, 6.45) is 0.919. The molecule has 6 heteroatoms. The van der Waals surface area contributed by atoms with Crippen LogP contribution in [0.2, 0.25) is 0 Å². The molecule has 24 heavy (non-hydrogen) atoms. The van der Waals surface area contributed by atoms with Crippen molar-refractivity contribution in [1.82, 2.24) is 9.97 Å². The summed E-state index contributed by atoms with van der Waals surface area (Å²) in [5.74, 6) is 1.52. The third-order valence-electron chi connectivity index (χ3n) is 3.89. The first-order valence-corrected chi connectivity index (χ1v) is 7.71. The molecule has 0 aliphatic rings. The zero-order chi connectivity index (χ0) is 16.9. The Bertz CT molecular complexity index is 821. The van der Waals surface area contributed by atoms with Crippen molar-refractivity contribution in [2.24, 2.45) is 5.73 Å². The minimum absolute atomic E-state index is 0.215. The van der Waals surface area contributed by atoms with Gasteiger partial charge in [-0.25, -0.2) is 9.97 Å². The van der Waals surface area contributed by atoms with E-state index in [1.807, 2.05) is 42.5 Å². The number of anilines is 1. The highest BCUT2D eigenvalue weighted by Crippen LogP contribution is 2.24. The summed E-state index contributed by atoms with van der Waals surface area (Å²) >= 11 is 0. The third-order valence-corrected chi connectivity index (χ3v) is 3.89. The summed E-state index contributed by atoms with van der Waals surface area (Å²) in [6, 6.07) is 13.4. The number of nitrogens with two attached hydrogens (primary N) is 1. The van der Waals surface area contributed by atoms with E-state index in [-0.39, 0.29) is 6.54 Å². The Balaban J connectivity index is 1.78. The number of methoxy groups -OCH3 is 1. The van der Waals surface area contributed by atoms with Gasteiger partial charge in [0.2, 0.25) is 0 Å². The molecule has 0 bridgehead atoms. The van der Waals surface area contributed by atoms with Gasteiger partial charge >= 0.3 is 0 Å². The molecule has 3 rings (SSSR count). The fourth-order valence-corrected chi connectivity index (χ4v) is 2.48. The first-order valence-electron chi connectivity index (χ1n) is 7.71. The SMILES string of the molecule is COc1ccc2ncnc(NCc3ccc(C(O)CN)cc3)c2c1. The van der Waals surface area contributed by atoms with Crippen molar-refractivity contribution in [3.8, 4) is 5.75 Å². The molecule has 0 amide bonds. The Hall–Kier alpha value is -2.70. The van der Waals surface area contributed by atoms with Crippen LogP contribution in [0.3, 0.4) is 0 Å². The van der Waals surface area contributed by atoms with Crippen molar-refractivity contribution in [1.29, 1.82) is 0 Å². The topological polar surface area (TPSA) is 93.3 Å². The Morgan fingerprint density at radius 2 is 1.96 bits per heavy atom. The summed E-state index contributed by atoms with van der Waals surface area (Å²) in [4.78, 5) is 8.59. The zero-order valence-corrected chi connectivity index (χ0v) is 13.4. The molecule has 0 saturated carbocycles. The van der Waals surface area contributed by atoms with Crippen molar-refractivity contribution in [3.63, 3.8) is 0 Å². The number of hydrogen-bond acceptors (Lipinski definition) is 6. The summed E-state index contributed by atoms with van der Waals surface area (Å²) in [6.45, 7) is 0.828. The second-order valence-corrected chi connectivity index (χ2v) is 5.45. The molecular formula is C18H20N4O2. The second kappa shape index (κ2) is 7.25. The van der Waals surface area contributed by atoms with Crippen LogP contribution in [-0.2, 0) is 6.54 Å². The van der Waals surface area contributed by atoms with E-state index in [4.69, 9.17) is 10.5 Å². The normalized spacial score (nSPS) is 12.1. The first kappa shape index (κ1) is 16.2. The van der Waals surface area contributed by atoms with Crippen LogP contribution in [0.25, 0.3) is 10.9 Å². The number of aliphatic hydroxyl groups excluding tert-OH is 1. The van der Waals surface area contributed by atoms with Crippen molar-refractivity contribution in [2.45, 2.75) is 12.6 Å². The standard InChI is InChI=1S/C18H20N4O2/c1-24-14-6-7-16-15(8-14)18(22-11-21-16)20-10-12-2-4-13(5-3-12)17(23)9-19/h2-8,11,17,23H,9-10,19H2,1H3,(H,20,21,22). The number of ether oxygens (including phenoxy) is 1. The van der Waals surface area contributed by atoms with E-state index in [9.17, 15) is 5.11 Å². The summed E-state index contributed by atoms with van der Waals surface area (Å²) in [5, 5.41) is 14.0.